The average Bonchev–Trinajstić information content (AvgIpc) is 2.88. The van der Waals surface area contributed by atoms with Gasteiger partial charge in [-0.2, -0.15) is 4.37 Å². The third kappa shape index (κ3) is 2.57. The van der Waals surface area contributed by atoms with Crippen molar-refractivity contribution in [1.29, 1.82) is 0 Å². The minimum Gasteiger partial charge on any atom is -0.339 e. The summed E-state index contributed by atoms with van der Waals surface area (Å²) in [7, 11) is 0. The van der Waals surface area contributed by atoms with Gasteiger partial charge >= 0.3 is 0 Å². The molecule has 0 spiro atoms. The molecule has 3 rings (SSSR count). The predicted molar refractivity (Wildman–Crippen MR) is 77.5 cm³/mol. The maximum absolute atomic E-state index is 4.69. The molecule has 96 valence electrons. The van der Waals surface area contributed by atoms with E-state index in [4.69, 9.17) is 0 Å². The Morgan fingerprint density at radius 2 is 2.28 bits per heavy atom. The van der Waals surface area contributed by atoms with E-state index in [1.807, 2.05) is 11.3 Å². The number of nitrogens with zero attached hydrogens (tertiary/aromatic N) is 3. The predicted octanol–water partition coefficient (Wildman–Crippen LogP) is 3.89. The first kappa shape index (κ1) is 12.1. The van der Waals surface area contributed by atoms with E-state index in [-0.39, 0.29) is 0 Å². The van der Waals surface area contributed by atoms with Crippen LogP contribution >= 0.6 is 22.9 Å². The van der Waals surface area contributed by atoms with E-state index in [1.165, 1.54) is 17.7 Å². The Morgan fingerprint density at radius 3 is 2.83 bits per heavy atom. The van der Waals surface area contributed by atoms with Crippen LogP contribution < -0.4 is 4.90 Å². The lowest BCUT2D eigenvalue weighted by Gasteiger charge is -2.19. The molecule has 1 fully saturated rings. The number of hydrogen-bond donors (Lipinski definition) is 0. The van der Waals surface area contributed by atoms with Crippen molar-refractivity contribution in [2.75, 3.05) is 4.90 Å². The maximum Gasteiger partial charge on any atom is 0.205 e. The Bertz CT molecular complexity index is 500. The van der Waals surface area contributed by atoms with Gasteiger partial charge in [0.05, 0.1) is 6.54 Å². The monoisotopic (exact) mass is 279 g/mol. The Hall–Kier alpha value is -0.940. The van der Waals surface area contributed by atoms with Gasteiger partial charge in [0.15, 0.2) is 0 Å². The van der Waals surface area contributed by atoms with Gasteiger partial charge in [-0.05, 0) is 24.3 Å². The zero-order chi connectivity index (χ0) is 12.5. The first-order chi connectivity index (χ1) is 8.74. The summed E-state index contributed by atoms with van der Waals surface area (Å²) in [5.41, 5.74) is 0. The molecule has 0 radical (unpaired) electrons. The molecule has 1 saturated carbocycles. The SMILES string of the molecule is CC(C)c1nsc(N(Cc2cccs2)C2CC2)n1. The van der Waals surface area contributed by atoms with E-state index >= 15 is 0 Å². The fourth-order valence-electron chi connectivity index (χ4n) is 1.89. The van der Waals surface area contributed by atoms with Gasteiger partial charge in [0.1, 0.15) is 5.82 Å². The third-order valence-electron chi connectivity index (χ3n) is 3.09. The highest BCUT2D eigenvalue weighted by Crippen LogP contribution is 2.35. The Kier molecular flexibility index (Phi) is 3.35. The zero-order valence-electron chi connectivity index (χ0n) is 10.7. The van der Waals surface area contributed by atoms with Crippen LogP contribution in [0.5, 0.6) is 0 Å². The summed E-state index contributed by atoms with van der Waals surface area (Å²) in [5, 5.41) is 3.23. The van der Waals surface area contributed by atoms with E-state index in [2.05, 4.69) is 45.6 Å². The molecular weight excluding hydrogens is 262 g/mol. The molecule has 3 nitrogen and oxygen atoms in total. The van der Waals surface area contributed by atoms with Gasteiger partial charge in [-0.25, -0.2) is 4.98 Å². The van der Waals surface area contributed by atoms with Crippen molar-refractivity contribution in [2.45, 2.75) is 45.2 Å². The summed E-state index contributed by atoms with van der Waals surface area (Å²) in [6, 6.07) is 5.00. The van der Waals surface area contributed by atoms with Crippen molar-refractivity contribution in [3.63, 3.8) is 0 Å². The van der Waals surface area contributed by atoms with Crippen molar-refractivity contribution in [1.82, 2.24) is 9.36 Å². The molecule has 0 N–H and O–H groups in total. The molecule has 0 aliphatic heterocycles. The third-order valence-corrected chi connectivity index (χ3v) is 4.72. The second-order valence-electron chi connectivity index (χ2n) is 5.03. The minimum atomic E-state index is 0.415. The molecule has 18 heavy (non-hydrogen) atoms. The van der Waals surface area contributed by atoms with E-state index in [1.54, 1.807) is 11.5 Å². The van der Waals surface area contributed by atoms with Crippen LogP contribution in [0.25, 0.3) is 0 Å². The smallest absolute Gasteiger partial charge is 0.205 e. The number of hydrogen-bond acceptors (Lipinski definition) is 5. The van der Waals surface area contributed by atoms with Crippen molar-refractivity contribution in [3.8, 4) is 0 Å². The van der Waals surface area contributed by atoms with Gasteiger partial charge in [-0.3, -0.25) is 0 Å². The Morgan fingerprint density at radius 1 is 1.44 bits per heavy atom. The maximum atomic E-state index is 4.69. The largest absolute Gasteiger partial charge is 0.339 e. The molecule has 0 unspecified atom stereocenters. The van der Waals surface area contributed by atoms with Crippen molar-refractivity contribution in [2.24, 2.45) is 0 Å². The summed E-state index contributed by atoms with van der Waals surface area (Å²) < 4.78 is 4.47. The fourth-order valence-corrected chi connectivity index (χ4v) is 3.47. The quantitative estimate of drug-likeness (QED) is 0.831. The Balaban J connectivity index is 1.80. The summed E-state index contributed by atoms with van der Waals surface area (Å²) >= 11 is 3.36. The van der Waals surface area contributed by atoms with Crippen molar-refractivity contribution in [3.05, 3.63) is 28.2 Å². The van der Waals surface area contributed by atoms with Gasteiger partial charge in [0.2, 0.25) is 5.13 Å². The van der Waals surface area contributed by atoms with Crippen LogP contribution in [0, 0.1) is 0 Å². The number of rotatable bonds is 5. The lowest BCUT2D eigenvalue weighted by atomic mass is 10.2. The molecule has 0 amide bonds. The van der Waals surface area contributed by atoms with Gasteiger partial charge in [-0.1, -0.05) is 19.9 Å². The molecule has 0 bridgehead atoms. The Labute approximate surface area is 116 Å². The fraction of sp³-hybridized carbons (Fsp3) is 0.538. The van der Waals surface area contributed by atoms with E-state index in [0.29, 0.717) is 12.0 Å². The van der Waals surface area contributed by atoms with Crippen molar-refractivity contribution >= 4 is 28.0 Å². The molecule has 1 aliphatic carbocycles. The van der Waals surface area contributed by atoms with Crippen molar-refractivity contribution < 1.29 is 0 Å². The van der Waals surface area contributed by atoms with Crippen LogP contribution in [0.15, 0.2) is 17.5 Å². The summed E-state index contributed by atoms with van der Waals surface area (Å²) in [4.78, 5) is 8.52. The van der Waals surface area contributed by atoms with E-state index in [9.17, 15) is 0 Å². The van der Waals surface area contributed by atoms with Gasteiger partial charge in [0.25, 0.3) is 0 Å². The standard InChI is InChI=1S/C13H17N3S2/c1-9(2)12-14-13(18-15-12)16(10-5-6-10)8-11-4-3-7-17-11/h3-4,7,9-10H,5-6,8H2,1-2H3. The van der Waals surface area contributed by atoms with Gasteiger partial charge in [-0.15, -0.1) is 11.3 Å². The number of anilines is 1. The minimum absolute atomic E-state index is 0.415. The molecule has 2 heterocycles. The van der Waals surface area contributed by atoms with Gasteiger partial charge < -0.3 is 4.90 Å². The van der Waals surface area contributed by atoms with E-state index in [0.717, 1.165) is 17.5 Å². The van der Waals surface area contributed by atoms with Crippen LogP contribution in [0.1, 0.15) is 43.3 Å². The van der Waals surface area contributed by atoms with Crippen LogP contribution in [0.4, 0.5) is 5.13 Å². The normalized spacial score (nSPS) is 15.3. The second kappa shape index (κ2) is 4.97. The van der Waals surface area contributed by atoms with Crippen LogP contribution in [0.3, 0.4) is 0 Å². The summed E-state index contributed by atoms with van der Waals surface area (Å²) in [6.07, 6.45) is 2.59. The zero-order valence-corrected chi connectivity index (χ0v) is 12.3. The molecule has 5 heteroatoms. The molecule has 0 atom stereocenters. The summed E-state index contributed by atoms with van der Waals surface area (Å²) in [6.45, 7) is 5.27. The first-order valence-electron chi connectivity index (χ1n) is 6.36. The second-order valence-corrected chi connectivity index (χ2v) is 6.79. The molecule has 2 aromatic rings. The number of aromatic nitrogens is 2. The highest BCUT2D eigenvalue weighted by molar-refractivity contribution is 7.10. The highest BCUT2D eigenvalue weighted by Gasteiger charge is 2.31. The van der Waals surface area contributed by atoms with Crippen LogP contribution in [-0.2, 0) is 6.54 Å². The summed E-state index contributed by atoms with van der Waals surface area (Å²) in [5.74, 6) is 1.39. The molecule has 2 aromatic heterocycles. The lowest BCUT2D eigenvalue weighted by molar-refractivity contribution is 0.768. The topological polar surface area (TPSA) is 29.0 Å². The molecule has 0 saturated heterocycles. The van der Waals surface area contributed by atoms with E-state index < -0.39 is 0 Å². The molecule has 1 aliphatic rings. The molecule has 0 aromatic carbocycles. The highest BCUT2D eigenvalue weighted by atomic mass is 32.1. The first-order valence-corrected chi connectivity index (χ1v) is 8.02. The lowest BCUT2D eigenvalue weighted by Crippen LogP contribution is -2.24. The van der Waals surface area contributed by atoms with Gasteiger partial charge in [0, 0.05) is 28.4 Å². The molecular formula is C13H17N3S2. The van der Waals surface area contributed by atoms with Crippen LogP contribution in [0.2, 0.25) is 0 Å². The average molecular weight is 279 g/mol. The van der Waals surface area contributed by atoms with Crippen LogP contribution in [-0.4, -0.2) is 15.4 Å². The number of thiophene rings is 1.